The van der Waals surface area contributed by atoms with Gasteiger partial charge in [0.1, 0.15) is 11.2 Å². The fourth-order valence-electron chi connectivity index (χ4n) is 4.58. The Labute approximate surface area is 213 Å². The summed E-state index contributed by atoms with van der Waals surface area (Å²) in [7, 11) is 1.51. The highest BCUT2D eigenvalue weighted by Gasteiger charge is 2.34. The molecule has 0 bridgehead atoms. The molecule has 8 nitrogen and oxygen atoms in total. The summed E-state index contributed by atoms with van der Waals surface area (Å²) in [4.78, 5) is 41.1. The highest BCUT2D eigenvalue weighted by molar-refractivity contribution is 6.35. The molecule has 1 aliphatic heterocycles. The SMILES string of the molecule is COc1cccc(C(=O)N[C@@H]2CCN(C(=O)c3cc(Cl)c4nccnc4c3)C[C@@H]2c2ccccc2)n1. The number of hydrogen-bond donors (Lipinski definition) is 1. The van der Waals surface area contributed by atoms with Crippen molar-refractivity contribution in [1.82, 2.24) is 25.2 Å². The van der Waals surface area contributed by atoms with E-state index in [1.165, 1.54) is 7.11 Å². The molecule has 1 aliphatic rings. The minimum absolute atomic E-state index is 0.103. The lowest BCUT2D eigenvalue weighted by molar-refractivity contribution is 0.0671. The third-order valence-electron chi connectivity index (χ3n) is 6.38. The number of hydrogen-bond acceptors (Lipinski definition) is 6. The molecule has 1 saturated heterocycles. The maximum absolute atomic E-state index is 13.5. The molecular formula is C27H24ClN5O3. The number of carbonyl (C=O) groups is 2. The van der Waals surface area contributed by atoms with E-state index < -0.39 is 0 Å². The quantitative estimate of drug-likeness (QED) is 0.442. The molecule has 3 heterocycles. The summed E-state index contributed by atoms with van der Waals surface area (Å²) in [6, 6.07) is 18.2. The van der Waals surface area contributed by atoms with Crippen molar-refractivity contribution in [3.05, 3.63) is 94.9 Å². The first-order valence-electron chi connectivity index (χ1n) is 11.6. The van der Waals surface area contributed by atoms with Gasteiger partial charge in [-0.2, -0.15) is 0 Å². The molecular weight excluding hydrogens is 478 g/mol. The molecule has 36 heavy (non-hydrogen) atoms. The van der Waals surface area contributed by atoms with E-state index in [0.29, 0.717) is 47.0 Å². The van der Waals surface area contributed by atoms with Gasteiger partial charge < -0.3 is 15.0 Å². The predicted molar refractivity (Wildman–Crippen MR) is 136 cm³/mol. The second-order valence-corrected chi connectivity index (χ2v) is 8.99. The van der Waals surface area contributed by atoms with Crippen LogP contribution in [-0.4, -0.2) is 57.9 Å². The first-order chi connectivity index (χ1) is 17.5. The Kier molecular flexibility index (Phi) is 6.77. The van der Waals surface area contributed by atoms with Crippen LogP contribution in [0.15, 0.2) is 73.1 Å². The number of halogens is 1. The van der Waals surface area contributed by atoms with Gasteiger partial charge in [0.05, 0.1) is 17.6 Å². The van der Waals surface area contributed by atoms with E-state index in [0.717, 1.165) is 5.56 Å². The Hall–Kier alpha value is -4.04. The molecule has 9 heteroatoms. The molecule has 0 radical (unpaired) electrons. The van der Waals surface area contributed by atoms with Gasteiger partial charge >= 0.3 is 0 Å². The van der Waals surface area contributed by atoms with Crippen molar-refractivity contribution in [3.8, 4) is 5.88 Å². The number of carbonyl (C=O) groups excluding carboxylic acids is 2. The molecule has 0 saturated carbocycles. The molecule has 2 aromatic heterocycles. The molecule has 2 amide bonds. The Bertz CT molecular complexity index is 1420. The summed E-state index contributed by atoms with van der Waals surface area (Å²) in [6.07, 6.45) is 3.73. The number of pyridine rings is 1. The Morgan fingerprint density at radius 3 is 2.67 bits per heavy atom. The lowest BCUT2D eigenvalue weighted by atomic mass is 9.85. The largest absolute Gasteiger partial charge is 0.481 e. The molecule has 182 valence electrons. The smallest absolute Gasteiger partial charge is 0.270 e. The summed E-state index contributed by atoms with van der Waals surface area (Å²) in [5.74, 6) is -0.139. The lowest BCUT2D eigenvalue weighted by Crippen LogP contribution is -2.51. The van der Waals surface area contributed by atoms with Gasteiger partial charge in [0.15, 0.2) is 0 Å². The standard InChI is InChI=1S/C27H24ClN5O3/c1-36-24-9-5-8-22(31-24)26(34)32-21-10-13-33(16-19(21)17-6-3-2-4-7-17)27(35)18-14-20(28)25-23(15-18)29-11-12-30-25/h2-9,11-12,14-15,19,21H,10,13,16H2,1H3,(H,32,34)/t19-,21-/m1/s1. The topological polar surface area (TPSA) is 97.3 Å². The van der Waals surface area contributed by atoms with E-state index in [9.17, 15) is 9.59 Å². The number of amides is 2. The third kappa shape index (κ3) is 4.85. The van der Waals surface area contributed by atoms with E-state index in [1.54, 1.807) is 47.6 Å². The molecule has 1 N–H and O–H groups in total. The van der Waals surface area contributed by atoms with E-state index >= 15 is 0 Å². The number of likely N-dealkylation sites (tertiary alicyclic amines) is 1. The first kappa shape index (κ1) is 23.7. The average Bonchev–Trinajstić information content (AvgIpc) is 2.93. The zero-order valence-corrected chi connectivity index (χ0v) is 20.4. The van der Waals surface area contributed by atoms with Crippen LogP contribution in [0.5, 0.6) is 5.88 Å². The number of nitrogens with zero attached hydrogens (tertiary/aromatic N) is 4. The highest BCUT2D eigenvalue weighted by Crippen LogP contribution is 2.30. The molecule has 5 rings (SSSR count). The normalized spacial score (nSPS) is 17.6. The Balaban J connectivity index is 1.39. The highest BCUT2D eigenvalue weighted by atomic mass is 35.5. The van der Waals surface area contributed by atoms with Crippen molar-refractivity contribution in [2.24, 2.45) is 0 Å². The van der Waals surface area contributed by atoms with Crippen LogP contribution >= 0.6 is 11.6 Å². The number of ether oxygens (including phenoxy) is 1. The van der Waals surface area contributed by atoms with Crippen LogP contribution in [0.2, 0.25) is 5.02 Å². The second-order valence-electron chi connectivity index (χ2n) is 8.58. The summed E-state index contributed by atoms with van der Waals surface area (Å²) in [6.45, 7) is 0.921. The summed E-state index contributed by atoms with van der Waals surface area (Å²) in [5.41, 5.74) is 2.92. The van der Waals surface area contributed by atoms with E-state index in [-0.39, 0.29) is 29.5 Å². The van der Waals surface area contributed by atoms with Crippen molar-refractivity contribution in [3.63, 3.8) is 0 Å². The maximum Gasteiger partial charge on any atom is 0.270 e. The van der Waals surface area contributed by atoms with Crippen LogP contribution in [0.4, 0.5) is 0 Å². The third-order valence-corrected chi connectivity index (χ3v) is 6.67. The van der Waals surface area contributed by atoms with Crippen molar-refractivity contribution >= 4 is 34.4 Å². The number of piperidine rings is 1. The molecule has 2 aromatic carbocycles. The van der Waals surface area contributed by atoms with E-state index in [1.807, 2.05) is 30.3 Å². The number of nitrogens with one attached hydrogen (secondary N) is 1. The van der Waals surface area contributed by atoms with Gasteiger partial charge in [-0.05, 0) is 30.2 Å². The number of fused-ring (bicyclic) bond motifs is 1. The summed E-state index contributed by atoms with van der Waals surface area (Å²) < 4.78 is 5.15. The van der Waals surface area contributed by atoms with E-state index in [4.69, 9.17) is 16.3 Å². The molecule has 4 aromatic rings. The minimum Gasteiger partial charge on any atom is -0.481 e. The summed E-state index contributed by atoms with van der Waals surface area (Å²) >= 11 is 6.39. The van der Waals surface area contributed by atoms with E-state index in [2.05, 4.69) is 20.3 Å². The zero-order valence-electron chi connectivity index (χ0n) is 19.6. The van der Waals surface area contributed by atoms with Crippen molar-refractivity contribution in [1.29, 1.82) is 0 Å². The molecule has 1 fully saturated rings. The molecule has 0 unspecified atom stereocenters. The average molecular weight is 502 g/mol. The fraction of sp³-hybridized carbons (Fsp3) is 0.222. The van der Waals surface area contributed by atoms with Crippen LogP contribution in [0.1, 0.15) is 38.7 Å². The van der Waals surface area contributed by atoms with Crippen LogP contribution in [-0.2, 0) is 0 Å². The fourth-order valence-corrected chi connectivity index (χ4v) is 4.85. The van der Waals surface area contributed by atoms with Crippen LogP contribution in [0, 0.1) is 0 Å². The first-order valence-corrected chi connectivity index (χ1v) is 12.0. The molecule has 2 atom stereocenters. The van der Waals surface area contributed by atoms with Crippen LogP contribution in [0.3, 0.4) is 0 Å². The van der Waals surface area contributed by atoms with Gasteiger partial charge in [-0.25, -0.2) is 4.98 Å². The summed E-state index contributed by atoms with van der Waals surface area (Å²) in [5, 5.41) is 3.52. The molecule has 0 spiro atoms. The zero-order chi connectivity index (χ0) is 25.1. The van der Waals surface area contributed by atoms with Gasteiger partial charge in [-0.1, -0.05) is 48.0 Å². The van der Waals surface area contributed by atoms with Crippen molar-refractivity contribution in [2.75, 3.05) is 20.2 Å². The Morgan fingerprint density at radius 2 is 1.86 bits per heavy atom. The van der Waals surface area contributed by atoms with Gasteiger partial charge in [0, 0.05) is 49.1 Å². The number of methoxy groups -OCH3 is 1. The second kappa shape index (κ2) is 10.3. The van der Waals surface area contributed by atoms with Gasteiger partial charge in [-0.15, -0.1) is 0 Å². The minimum atomic E-state index is -0.278. The van der Waals surface area contributed by atoms with Crippen molar-refractivity contribution < 1.29 is 14.3 Å². The number of aromatic nitrogens is 3. The number of rotatable bonds is 5. The van der Waals surface area contributed by atoms with Crippen molar-refractivity contribution in [2.45, 2.75) is 18.4 Å². The monoisotopic (exact) mass is 501 g/mol. The van der Waals surface area contributed by atoms with Crippen LogP contribution in [0.25, 0.3) is 11.0 Å². The Morgan fingerprint density at radius 1 is 1.06 bits per heavy atom. The van der Waals surface area contributed by atoms with Gasteiger partial charge in [0.25, 0.3) is 11.8 Å². The lowest BCUT2D eigenvalue weighted by Gasteiger charge is -2.39. The van der Waals surface area contributed by atoms with Gasteiger partial charge in [-0.3, -0.25) is 19.6 Å². The maximum atomic E-state index is 13.5. The molecule has 0 aliphatic carbocycles. The number of benzene rings is 2. The predicted octanol–water partition coefficient (Wildman–Crippen LogP) is 4.12. The van der Waals surface area contributed by atoms with Gasteiger partial charge in [0.2, 0.25) is 5.88 Å². The van der Waals surface area contributed by atoms with Crippen LogP contribution < -0.4 is 10.1 Å².